The van der Waals surface area contributed by atoms with Crippen LogP contribution in [0.1, 0.15) is 36.5 Å². The van der Waals surface area contributed by atoms with Gasteiger partial charge in [-0.1, -0.05) is 29.5 Å². The molecule has 13 heteroatoms. The number of amides is 2. The standard InChI is InChI=1S/C24H27N5O5S3/c1-2-34-19-10-8-18(9-11-19)25-21(30)16-35-24-28-27-23(36-24)26-22(31)17-6-12-20(13-7-17)37(32,33)29-14-4-3-5-15-29/h6-13H,2-5,14-16H2,1H3,(H,25,30)(H,26,27,31). The number of anilines is 2. The minimum Gasteiger partial charge on any atom is -0.494 e. The van der Waals surface area contributed by atoms with Crippen LogP contribution in [0.3, 0.4) is 0 Å². The molecule has 0 spiro atoms. The average Bonchev–Trinajstić information content (AvgIpc) is 3.36. The number of nitrogens with zero attached hydrogens (tertiary/aromatic N) is 3. The quantitative estimate of drug-likeness (QED) is 0.280. The summed E-state index contributed by atoms with van der Waals surface area (Å²) in [5.41, 5.74) is 0.964. The van der Waals surface area contributed by atoms with Gasteiger partial charge in [0.25, 0.3) is 5.91 Å². The zero-order valence-corrected chi connectivity index (χ0v) is 22.6. The Morgan fingerprint density at radius 2 is 1.70 bits per heavy atom. The first-order valence-electron chi connectivity index (χ1n) is 11.8. The van der Waals surface area contributed by atoms with Crippen molar-refractivity contribution in [2.75, 3.05) is 36.1 Å². The molecule has 37 heavy (non-hydrogen) atoms. The van der Waals surface area contributed by atoms with Crippen LogP contribution in [0, 0.1) is 0 Å². The lowest BCUT2D eigenvalue weighted by molar-refractivity contribution is -0.113. The summed E-state index contributed by atoms with van der Waals surface area (Å²) in [5, 5.41) is 13.7. The van der Waals surface area contributed by atoms with Crippen LogP contribution < -0.4 is 15.4 Å². The van der Waals surface area contributed by atoms with Crippen LogP contribution in [-0.2, 0) is 14.8 Å². The molecule has 4 rings (SSSR count). The second-order valence-electron chi connectivity index (χ2n) is 8.11. The fourth-order valence-electron chi connectivity index (χ4n) is 3.65. The zero-order chi connectivity index (χ0) is 26.3. The highest BCUT2D eigenvalue weighted by molar-refractivity contribution is 8.01. The van der Waals surface area contributed by atoms with E-state index in [-0.39, 0.29) is 21.7 Å². The molecule has 1 aromatic heterocycles. The van der Waals surface area contributed by atoms with Crippen LogP contribution in [0.15, 0.2) is 57.8 Å². The lowest BCUT2D eigenvalue weighted by atomic mass is 10.2. The van der Waals surface area contributed by atoms with Crippen molar-refractivity contribution in [3.63, 3.8) is 0 Å². The maximum Gasteiger partial charge on any atom is 0.257 e. The molecule has 1 aliphatic rings. The van der Waals surface area contributed by atoms with E-state index in [1.807, 2.05) is 6.92 Å². The molecule has 2 N–H and O–H groups in total. The smallest absolute Gasteiger partial charge is 0.257 e. The Hall–Kier alpha value is -3.00. The first-order chi connectivity index (χ1) is 17.8. The van der Waals surface area contributed by atoms with Crippen molar-refractivity contribution in [3.05, 3.63) is 54.1 Å². The fourth-order valence-corrected chi connectivity index (χ4v) is 6.71. The van der Waals surface area contributed by atoms with Crippen molar-refractivity contribution >= 4 is 55.8 Å². The number of carbonyl (C=O) groups excluding carboxylic acids is 2. The van der Waals surface area contributed by atoms with Crippen molar-refractivity contribution in [2.24, 2.45) is 0 Å². The number of nitrogens with one attached hydrogen (secondary N) is 2. The third-order valence-corrected chi connectivity index (χ3v) is 9.36. The number of hydrogen-bond donors (Lipinski definition) is 2. The lowest BCUT2D eigenvalue weighted by Gasteiger charge is -2.25. The molecule has 0 radical (unpaired) electrons. The van der Waals surface area contributed by atoms with Gasteiger partial charge in [0.15, 0.2) is 4.34 Å². The molecular formula is C24H27N5O5S3. The number of hydrogen-bond acceptors (Lipinski definition) is 9. The van der Waals surface area contributed by atoms with Crippen LogP contribution in [0.4, 0.5) is 10.8 Å². The molecule has 1 aliphatic heterocycles. The highest BCUT2D eigenvalue weighted by atomic mass is 32.2. The maximum atomic E-state index is 12.8. The highest BCUT2D eigenvalue weighted by Gasteiger charge is 2.26. The molecule has 0 aliphatic carbocycles. The van der Waals surface area contributed by atoms with E-state index in [0.717, 1.165) is 36.3 Å². The van der Waals surface area contributed by atoms with Gasteiger partial charge in [-0.2, -0.15) is 4.31 Å². The largest absolute Gasteiger partial charge is 0.494 e. The van der Waals surface area contributed by atoms with E-state index < -0.39 is 15.9 Å². The molecule has 1 saturated heterocycles. The molecular weight excluding hydrogens is 534 g/mol. The SMILES string of the molecule is CCOc1ccc(NC(=O)CSc2nnc(NC(=O)c3ccc(S(=O)(=O)N4CCCCC4)cc3)s2)cc1. The Labute approximate surface area is 223 Å². The maximum absolute atomic E-state index is 12.8. The van der Waals surface area contributed by atoms with Gasteiger partial charge in [0, 0.05) is 24.3 Å². The molecule has 0 bridgehead atoms. The molecule has 0 atom stereocenters. The van der Waals surface area contributed by atoms with Crippen LogP contribution >= 0.6 is 23.1 Å². The number of sulfonamides is 1. The van der Waals surface area contributed by atoms with Gasteiger partial charge in [-0.25, -0.2) is 8.42 Å². The number of carbonyl (C=O) groups is 2. The van der Waals surface area contributed by atoms with Crippen molar-refractivity contribution in [3.8, 4) is 5.75 Å². The molecule has 1 fully saturated rings. The predicted octanol–water partition coefficient (Wildman–Crippen LogP) is 4.09. The second kappa shape index (κ2) is 12.5. The Morgan fingerprint density at radius 3 is 2.38 bits per heavy atom. The topological polar surface area (TPSA) is 131 Å². The zero-order valence-electron chi connectivity index (χ0n) is 20.2. The van der Waals surface area contributed by atoms with Crippen molar-refractivity contribution in [1.29, 1.82) is 0 Å². The minimum absolute atomic E-state index is 0.128. The second-order valence-corrected chi connectivity index (χ2v) is 12.2. The van der Waals surface area contributed by atoms with Gasteiger partial charge in [0.1, 0.15) is 5.75 Å². The summed E-state index contributed by atoms with van der Waals surface area (Å²) < 4.78 is 33.0. The summed E-state index contributed by atoms with van der Waals surface area (Å²) in [6, 6.07) is 13.0. The highest BCUT2D eigenvalue weighted by Crippen LogP contribution is 2.26. The van der Waals surface area contributed by atoms with Gasteiger partial charge in [-0.15, -0.1) is 10.2 Å². The molecule has 196 valence electrons. The molecule has 2 amide bonds. The first kappa shape index (κ1) is 27.0. The summed E-state index contributed by atoms with van der Waals surface area (Å²) in [4.78, 5) is 25.0. The van der Waals surface area contributed by atoms with Crippen molar-refractivity contribution in [2.45, 2.75) is 35.4 Å². The molecule has 2 heterocycles. The summed E-state index contributed by atoms with van der Waals surface area (Å²) in [7, 11) is -3.56. The number of rotatable bonds is 10. The number of benzene rings is 2. The van der Waals surface area contributed by atoms with Crippen LogP contribution in [0.2, 0.25) is 0 Å². The Kier molecular flexibility index (Phi) is 9.14. The van der Waals surface area contributed by atoms with Crippen LogP contribution in [-0.4, -0.2) is 60.2 Å². The summed E-state index contributed by atoms with van der Waals surface area (Å²) >= 11 is 2.35. The van der Waals surface area contributed by atoms with Gasteiger partial charge in [0.2, 0.25) is 21.1 Å². The minimum atomic E-state index is -3.56. The number of ether oxygens (including phenoxy) is 1. The van der Waals surface area contributed by atoms with Crippen LogP contribution in [0.25, 0.3) is 0 Å². The van der Waals surface area contributed by atoms with Gasteiger partial charge in [-0.05, 0) is 68.3 Å². The van der Waals surface area contributed by atoms with Crippen molar-refractivity contribution < 1.29 is 22.7 Å². The Balaban J connectivity index is 1.27. The van der Waals surface area contributed by atoms with E-state index in [0.29, 0.717) is 35.3 Å². The number of piperidine rings is 1. The molecule has 0 unspecified atom stereocenters. The van der Waals surface area contributed by atoms with E-state index in [1.165, 1.54) is 40.3 Å². The monoisotopic (exact) mass is 561 g/mol. The van der Waals surface area contributed by atoms with E-state index in [2.05, 4.69) is 20.8 Å². The summed E-state index contributed by atoms with van der Waals surface area (Å²) in [6.07, 6.45) is 2.75. The van der Waals surface area contributed by atoms with Gasteiger partial charge < -0.3 is 10.1 Å². The van der Waals surface area contributed by atoms with Crippen LogP contribution in [0.5, 0.6) is 5.75 Å². The summed E-state index contributed by atoms with van der Waals surface area (Å²) in [6.45, 7) is 3.51. The van der Waals surface area contributed by atoms with Crippen molar-refractivity contribution in [1.82, 2.24) is 14.5 Å². The molecule has 0 saturated carbocycles. The Bertz CT molecular complexity index is 1320. The average molecular weight is 562 g/mol. The normalized spacial score (nSPS) is 14.2. The van der Waals surface area contributed by atoms with Gasteiger partial charge in [0.05, 0.1) is 17.3 Å². The molecule has 2 aromatic carbocycles. The van der Waals surface area contributed by atoms with Gasteiger partial charge >= 0.3 is 0 Å². The fraction of sp³-hybridized carbons (Fsp3) is 0.333. The molecule has 3 aromatic rings. The summed E-state index contributed by atoms with van der Waals surface area (Å²) in [5.74, 6) is 0.233. The van der Waals surface area contributed by atoms with E-state index in [1.54, 1.807) is 24.3 Å². The third-order valence-electron chi connectivity index (χ3n) is 5.47. The Morgan fingerprint density at radius 1 is 1.00 bits per heavy atom. The predicted molar refractivity (Wildman–Crippen MR) is 144 cm³/mol. The number of thioether (sulfide) groups is 1. The van der Waals surface area contributed by atoms with Gasteiger partial charge in [-0.3, -0.25) is 14.9 Å². The van der Waals surface area contributed by atoms with E-state index >= 15 is 0 Å². The first-order valence-corrected chi connectivity index (χ1v) is 15.0. The number of aromatic nitrogens is 2. The third kappa shape index (κ3) is 7.28. The van der Waals surface area contributed by atoms with E-state index in [9.17, 15) is 18.0 Å². The van der Waals surface area contributed by atoms with E-state index in [4.69, 9.17) is 4.74 Å². The molecule has 10 nitrogen and oxygen atoms in total. The lowest BCUT2D eigenvalue weighted by Crippen LogP contribution is -2.35.